The zero-order valence-electron chi connectivity index (χ0n) is 9.27. The smallest absolute Gasteiger partial charge is 0.345 e. The molecule has 0 amide bonds. The summed E-state index contributed by atoms with van der Waals surface area (Å²) in [6.07, 6.45) is 0. The summed E-state index contributed by atoms with van der Waals surface area (Å²) in [5, 5.41) is 21.5. The van der Waals surface area contributed by atoms with Crippen LogP contribution in [0.1, 0.15) is 9.67 Å². The Labute approximate surface area is 115 Å². The van der Waals surface area contributed by atoms with E-state index in [9.17, 15) is 14.9 Å². The molecule has 2 rings (SSSR count). The predicted molar refractivity (Wildman–Crippen MR) is 70.7 cm³/mol. The minimum atomic E-state index is -0.993. The lowest BCUT2D eigenvalue weighted by Crippen LogP contribution is -1.98. The summed E-state index contributed by atoms with van der Waals surface area (Å²) >= 11 is 2.30. The number of anilines is 1. The number of hydrogen-bond donors (Lipinski definition) is 2. The van der Waals surface area contributed by atoms with E-state index in [1.807, 2.05) is 0 Å². The molecule has 19 heavy (non-hydrogen) atoms. The number of rotatable bonds is 4. The van der Waals surface area contributed by atoms with E-state index < -0.39 is 10.9 Å². The highest BCUT2D eigenvalue weighted by molar-refractivity contribution is 7.99. The first-order valence-electron chi connectivity index (χ1n) is 4.88. The summed E-state index contributed by atoms with van der Waals surface area (Å²) in [5.74, 6) is -1.16. The molecule has 0 saturated heterocycles. The van der Waals surface area contributed by atoms with Gasteiger partial charge in [-0.2, -0.15) is 0 Å². The molecule has 0 radical (unpaired) electrons. The lowest BCUT2D eigenvalue weighted by molar-refractivity contribution is -0.384. The van der Waals surface area contributed by atoms with Gasteiger partial charge in [0.15, 0.2) is 0 Å². The number of nitro groups is 1. The molecule has 0 aliphatic heterocycles. The first-order chi connectivity index (χ1) is 8.97. The summed E-state index contributed by atoms with van der Waals surface area (Å²) in [7, 11) is 0. The fourth-order valence-corrected chi connectivity index (χ4v) is 2.98. The molecule has 0 bridgehead atoms. The van der Waals surface area contributed by atoms with Crippen molar-refractivity contribution in [3.05, 3.63) is 38.6 Å². The summed E-state index contributed by atoms with van der Waals surface area (Å²) in [5.41, 5.74) is 5.22. The van der Waals surface area contributed by atoms with Gasteiger partial charge in [0, 0.05) is 16.3 Å². The van der Waals surface area contributed by atoms with E-state index in [1.165, 1.54) is 30.0 Å². The van der Waals surface area contributed by atoms with Gasteiger partial charge in [-0.05, 0) is 12.1 Å². The third-order valence-electron chi connectivity index (χ3n) is 2.08. The Morgan fingerprint density at radius 2 is 2.26 bits per heavy atom. The molecule has 98 valence electrons. The second kappa shape index (κ2) is 5.24. The molecule has 2 aromatic heterocycles. The molecule has 0 fully saturated rings. The van der Waals surface area contributed by atoms with Crippen molar-refractivity contribution in [2.45, 2.75) is 9.92 Å². The van der Waals surface area contributed by atoms with Gasteiger partial charge >= 0.3 is 11.7 Å². The molecule has 0 unspecified atom stereocenters. The van der Waals surface area contributed by atoms with Crippen LogP contribution in [0.15, 0.2) is 33.5 Å². The molecular weight excluding hydrogens is 290 g/mol. The topological polar surface area (TPSA) is 119 Å². The number of pyridine rings is 1. The highest BCUT2D eigenvalue weighted by atomic mass is 32.2. The first kappa shape index (κ1) is 13.3. The average Bonchev–Trinajstić information content (AvgIpc) is 2.77. The number of carbonyl (C=O) groups is 1. The van der Waals surface area contributed by atoms with Crippen LogP contribution in [-0.2, 0) is 0 Å². The summed E-state index contributed by atoms with van der Waals surface area (Å²) in [6, 6.07) is 4.25. The Morgan fingerprint density at radius 3 is 2.79 bits per heavy atom. The maximum absolute atomic E-state index is 10.7. The largest absolute Gasteiger partial charge is 0.477 e. The van der Waals surface area contributed by atoms with Crippen molar-refractivity contribution in [2.24, 2.45) is 0 Å². The summed E-state index contributed by atoms with van der Waals surface area (Å²) < 4.78 is 0. The van der Waals surface area contributed by atoms with Crippen LogP contribution >= 0.6 is 23.1 Å². The number of aromatic carboxylic acids is 1. The third kappa shape index (κ3) is 3.01. The fourth-order valence-electron chi connectivity index (χ4n) is 1.27. The number of thiophene rings is 1. The molecule has 0 aliphatic carbocycles. The quantitative estimate of drug-likeness (QED) is 0.657. The number of nitrogens with zero attached hydrogens (tertiary/aromatic N) is 2. The van der Waals surface area contributed by atoms with Crippen molar-refractivity contribution in [3.8, 4) is 0 Å². The van der Waals surface area contributed by atoms with E-state index >= 15 is 0 Å². The van der Waals surface area contributed by atoms with Crippen molar-refractivity contribution >= 4 is 40.6 Å². The van der Waals surface area contributed by atoms with Crippen LogP contribution in [0.4, 0.5) is 11.5 Å². The molecule has 0 saturated carbocycles. The Kier molecular flexibility index (Phi) is 3.67. The zero-order chi connectivity index (χ0) is 14.0. The van der Waals surface area contributed by atoms with E-state index in [2.05, 4.69) is 4.98 Å². The van der Waals surface area contributed by atoms with Crippen molar-refractivity contribution < 1.29 is 14.8 Å². The highest BCUT2D eigenvalue weighted by Gasteiger charge is 2.14. The van der Waals surface area contributed by atoms with Crippen LogP contribution < -0.4 is 5.73 Å². The third-order valence-corrected chi connectivity index (χ3v) is 4.06. The molecular formula is C10H7N3O4S2. The molecule has 7 nitrogen and oxygen atoms in total. The molecule has 0 aliphatic rings. The minimum Gasteiger partial charge on any atom is -0.477 e. The Bertz CT molecular complexity index is 656. The van der Waals surface area contributed by atoms with Crippen molar-refractivity contribution in [3.63, 3.8) is 0 Å². The lowest BCUT2D eigenvalue weighted by atomic mass is 10.4. The monoisotopic (exact) mass is 297 g/mol. The minimum absolute atomic E-state index is 0.163. The Hall–Kier alpha value is -2.13. The number of hydrogen-bond acceptors (Lipinski definition) is 7. The van der Waals surface area contributed by atoms with E-state index in [0.717, 1.165) is 11.3 Å². The van der Waals surface area contributed by atoms with Gasteiger partial charge in [-0.3, -0.25) is 10.1 Å². The average molecular weight is 297 g/mol. The molecule has 9 heteroatoms. The fraction of sp³-hybridized carbons (Fsp3) is 0. The maximum atomic E-state index is 10.7. The van der Waals surface area contributed by atoms with Gasteiger partial charge in [-0.1, -0.05) is 11.8 Å². The highest BCUT2D eigenvalue weighted by Crippen LogP contribution is 2.32. The Balaban J connectivity index is 2.21. The molecule has 0 aromatic carbocycles. The van der Waals surface area contributed by atoms with Gasteiger partial charge in [-0.15, -0.1) is 11.3 Å². The zero-order valence-corrected chi connectivity index (χ0v) is 10.9. The molecule has 2 aromatic rings. The van der Waals surface area contributed by atoms with E-state index in [4.69, 9.17) is 10.8 Å². The van der Waals surface area contributed by atoms with Gasteiger partial charge in [0.2, 0.25) is 5.82 Å². The van der Waals surface area contributed by atoms with Crippen LogP contribution in [0.5, 0.6) is 0 Å². The number of carboxylic acid groups (broad SMARTS) is 1. The summed E-state index contributed by atoms with van der Waals surface area (Å²) in [4.78, 5) is 25.5. The second-order valence-corrected chi connectivity index (χ2v) is 5.37. The van der Waals surface area contributed by atoms with Crippen LogP contribution in [0, 0.1) is 10.1 Å². The van der Waals surface area contributed by atoms with Crippen LogP contribution in [0.2, 0.25) is 0 Å². The van der Waals surface area contributed by atoms with Crippen LogP contribution in [-0.4, -0.2) is 21.0 Å². The molecule has 3 N–H and O–H groups in total. The van der Waals surface area contributed by atoms with Gasteiger partial charge in [0.05, 0.1) is 4.92 Å². The standard InChI is InChI=1S/C10H7N3O4S2/c11-9-6(13(16)17)1-2-8(12-9)19-5-3-7(10(14)15)18-4-5/h1-4H,(H2,11,12)(H,14,15). The molecule has 0 spiro atoms. The van der Waals surface area contributed by atoms with Gasteiger partial charge in [0.25, 0.3) is 0 Å². The van der Waals surface area contributed by atoms with Crippen LogP contribution in [0.3, 0.4) is 0 Å². The van der Waals surface area contributed by atoms with Crippen molar-refractivity contribution in [1.29, 1.82) is 0 Å². The number of aromatic nitrogens is 1. The SMILES string of the molecule is Nc1nc(Sc2csc(C(=O)O)c2)ccc1[N+](=O)[O-]. The van der Waals surface area contributed by atoms with Crippen molar-refractivity contribution in [1.82, 2.24) is 4.98 Å². The normalized spacial score (nSPS) is 10.3. The number of nitrogen functional groups attached to an aromatic ring is 1. The first-order valence-corrected chi connectivity index (χ1v) is 6.57. The Morgan fingerprint density at radius 1 is 1.53 bits per heavy atom. The maximum Gasteiger partial charge on any atom is 0.345 e. The van der Waals surface area contributed by atoms with Gasteiger partial charge in [0.1, 0.15) is 9.90 Å². The van der Waals surface area contributed by atoms with Gasteiger partial charge < -0.3 is 10.8 Å². The predicted octanol–water partition coefficient (Wildman–Crippen LogP) is 2.48. The van der Waals surface area contributed by atoms with Gasteiger partial charge in [-0.25, -0.2) is 9.78 Å². The van der Waals surface area contributed by atoms with E-state index in [1.54, 1.807) is 5.38 Å². The second-order valence-electron chi connectivity index (χ2n) is 3.36. The van der Waals surface area contributed by atoms with Crippen LogP contribution in [0.25, 0.3) is 0 Å². The van der Waals surface area contributed by atoms with Crippen molar-refractivity contribution in [2.75, 3.05) is 5.73 Å². The summed E-state index contributed by atoms with van der Waals surface area (Å²) in [6.45, 7) is 0. The molecule has 2 heterocycles. The number of carboxylic acids is 1. The number of nitrogens with two attached hydrogens (primary N) is 1. The van der Waals surface area contributed by atoms with E-state index in [0.29, 0.717) is 9.92 Å². The lowest BCUT2D eigenvalue weighted by Gasteiger charge is -2.00. The molecule has 0 atom stereocenters. The van der Waals surface area contributed by atoms with E-state index in [-0.39, 0.29) is 16.4 Å².